The van der Waals surface area contributed by atoms with Crippen molar-refractivity contribution >= 4 is 29.5 Å². The van der Waals surface area contributed by atoms with Gasteiger partial charge in [0, 0.05) is 6.42 Å². The van der Waals surface area contributed by atoms with E-state index in [0.29, 0.717) is 5.56 Å². The molecule has 0 aliphatic carbocycles. The molecule has 0 radical (unpaired) electrons. The second kappa shape index (κ2) is 19.2. The standard InChI is InChI=1S/C29H47N7O11/c1-14(2)9-17(26(43)32-11-21(38)36-31)33-27(44)18(10-16-7-5-4-6-8-16)34-28(45)19(35-25(42)15(3)30)13-46-29-24(41)23(40)22(39)20(12-37)47-29/h4-8,14-15,17-20,22-24,29,37,39-41H,9-13,30-31H2,1-3H3,(H,32,43)(H,33,44)(H,34,45)(H,35,42)(H,36,38)/t15-,17-,18-,19-,20+,22-,23-,24+,29+/m0/s1. The molecule has 1 fully saturated rings. The molecule has 18 heteroatoms. The van der Waals surface area contributed by atoms with Crippen molar-refractivity contribution in [1.82, 2.24) is 26.7 Å². The fourth-order valence-corrected chi connectivity index (χ4v) is 4.53. The van der Waals surface area contributed by atoms with Crippen LogP contribution in [0.15, 0.2) is 30.3 Å². The summed E-state index contributed by atoms with van der Waals surface area (Å²) in [5.41, 5.74) is 8.20. The SMILES string of the molecule is CC(C)C[C@H](NC(=O)[C@H](Cc1ccccc1)NC(=O)[C@H](CO[C@@H]1O[C@H](CO)[C@H](O)[C@H](O)[C@H]1O)NC(=O)[C@H](C)N)C(=O)NCC(=O)NN. The average Bonchev–Trinajstić information content (AvgIpc) is 3.04. The first-order valence-corrected chi connectivity index (χ1v) is 15.1. The minimum absolute atomic E-state index is 0.0362. The normalized spacial score (nSPS) is 23.5. The number of hydrogen-bond acceptors (Lipinski definition) is 13. The van der Waals surface area contributed by atoms with E-state index >= 15 is 0 Å². The van der Waals surface area contributed by atoms with Crippen molar-refractivity contribution in [1.29, 1.82) is 0 Å². The van der Waals surface area contributed by atoms with Gasteiger partial charge in [-0.1, -0.05) is 44.2 Å². The zero-order valence-corrected chi connectivity index (χ0v) is 26.5. The van der Waals surface area contributed by atoms with E-state index in [-0.39, 0.29) is 18.8 Å². The smallest absolute Gasteiger partial charge is 0.253 e. The number of nitrogens with two attached hydrogens (primary N) is 2. The Balaban J connectivity index is 2.30. The summed E-state index contributed by atoms with van der Waals surface area (Å²) in [5.74, 6) is 1.26. The number of hydrogen-bond donors (Lipinski definition) is 11. The molecule has 9 atom stereocenters. The van der Waals surface area contributed by atoms with Gasteiger partial charge in [0.25, 0.3) is 5.91 Å². The van der Waals surface area contributed by atoms with E-state index in [1.807, 2.05) is 19.3 Å². The topological polar surface area (TPSA) is 297 Å². The molecule has 0 unspecified atom stereocenters. The van der Waals surface area contributed by atoms with Crippen molar-refractivity contribution in [2.45, 2.75) is 88.5 Å². The summed E-state index contributed by atoms with van der Waals surface area (Å²) in [4.78, 5) is 64.2. The maximum Gasteiger partial charge on any atom is 0.253 e. The lowest BCUT2D eigenvalue weighted by atomic mass is 9.99. The molecule has 5 amide bonds. The summed E-state index contributed by atoms with van der Waals surface area (Å²) >= 11 is 0. The van der Waals surface area contributed by atoms with Crippen LogP contribution in [0.5, 0.6) is 0 Å². The Bertz CT molecular complexity index is 1190. The molecule has 1 aliphatic rings. The van der Waals surface area contributed by atoms with Gasteiger partial charge in [0.1, 0.15) is 42.5 Å². The molecule has 0 saturated carbocycles. The number of rotatable bonds is 17. The van der Waals surface area contributed by atoms with E-state index in [4.69, 9.17) is 21.1 Å². The van der Waals surface area contributed by atoms with Crippen LogP contribution in [0, 0.1) is 5.92 Å². The molecule has 0 aromatic heterocycles. The Morgan fingerprint density at radius 3 is 2.02 bits per heavy atom. The van der Waals surface area contributed by atoms with Gasteiger partial charge in [0.15, 0.2) is 6.29 Å². The molecular formula is C29H47N7O11. The lowest BCUT2D eigenvalue weighted by Gasteiger charge is -2.40. The molecular weight excluding hydrogens is 622 g/mol. The largest absolute Gasteiger partial charge is 0.394 e. The second-order valence-electron chi connectivity index (χ2n) is 11.6. The minimum Gasteiger partial charge on any atom is -0.394 e. The lowest BCUT2D eigenvalue weighted by molar-refractivity contribution is -0.301. The Morgan fingerprint density at radius 1 is 0.851 bits per heavy atom. The third-order valence-corrected chi connectivity index (χ3v) is 7.16. The Kier molecular flexibility index (Phi) is 16.1. The molecule has 47 heavy (non-hydrogen) atoms. The third-order valence-electron chi connectivity index (χ3n) is 7.16. The van der Waals surface area contributed by atoms with Crippen LogP contribution in [-0.4, -0.2) is 125 Å². The summed E-state index contributed by atoms with van der Waals surface area (Å²) in [6, 6.07) is 3.68. The maximum atomic E-state index is 13.6. The van der Waals surface area contributed by atoms with E-state index in [0.717, 1.165) is 0 Å². The average molecular weight is 670 g/mol. The monoisotopic (exact) mass is 669 g/mol. The van der Waals surface area contributed by atoms with Gasteiger partial charge in [-0.25, -0.2) is 5.84 Å². The Labute approximate surface area is 271 Å². The Morgan fingerprint density at radius 2 is 1.45 bits per heavy atom. The molecule has 1 saturated heterocycles. The zero-order chi connectivity index (χ0) is 35.3. The van der Waals surface area contributed by atoms with E-state index in [9.17, 15) is 44.4 Å². The molecule has 1 aromatic rings. The van der Waals surface area contributed by atoms with Crippen molar-refractivity contribution < 1.29 is 53.9 Å². The fourth-order valence-electron chi connectivity index (χ4n) is 4.53. The van der Waals surface area contributed by atoms with Crippen LogP contribution >= 0.6 is 0 Å². The second-order valence-corrected chi connectivity index (χ2v) is 11.6. The highest BCUT2D eigenvalue weighted by molar-refractivity contribution is 5.95. The molecule has 18 nitrogen and oxygen atoms in total. The van der Waals surface area contributed by atoms with E-state index in [1.54, 1.807) is 30.3 Å². The summed E-state index contributed by atoms with van der Waals surface area (Å²) < 4.78 is 10.8. The number of benzene rings is 1. The molecule has 2 rings (SSSR count). The molecule has 0 bridgehead atoms. The predicted octanol–water partition coefficient (Wildman–Crippen LogP) is -5.00. The minimum atomic E-state index is -1.78. The molecule has 264 valence electrons. The first kappa shape index (κ1) is 39.4. The maximum absolute atomic E-state index is 13.6. The van der Waals surface area contributed by atoms with E-state index < -0.39 is 104 Å². The number of carbonyl (C=O) groups excluding carboxylic acids is 5. The Hall–Kier alpha value is -3.75. The highest BCUT2D eigenvalue weighted by Gasteiger charge is 2.44. The van der Waals surface area contributed by atoms with Crippen LogP contribution in [0.4, 0.5) is 0 Å². The number of aliphatic hydroxyl groups excluding tert-OH is 4. The van der Waals surface area contributed by atoms with Crippen molar-refractivity contribution in [2.24, 2.45) is 17.5 Å². The van der Waals surface area contributed by atoms with Crippen LogP contribution in [-0.2, 0) is 39.9 Å². The summed E-state index contributed by atoms with van der Waals surface area (Å²) in [5, 5.41) is 49.9. The van der Waals surface area contributed by atoms with Crippen molar-refractivity contribution in [2.75, 3.05) is 19.8 Å². The summed E-state index contributed by atoms with van der Waals surface area (Å²) in [7, 11) is 0. The fraction of sp³-hybridized carbons (Fsp3) is 0.621. The third kappa shape index (κ3) is 12.4. The molecule has 1 aromatic carbocycles. The summed E-state index contributed by atoms with van der Waals surface area (Å²) in [6.07, 6.45) is -7.94. The number of nitrogens with one attached hydrogen (secondary N) is 5. The quantitative estimate of drug-likeness (QED) is 0.0421. The van der Waals surface area contributed by atoms with Gasteiger partial charge in [-0.2, -0.15) is 0 Å². The van der Waals surface area contributed by atoms with Crippen LogP contribution in [0.2, 0.25) is 0 Å². The lowest BCUT2D eigenvalue weighted by Crippen LogP contribution is -2.61. The van der Waals surface area contributed by atoms with Gasteiger partial charge in [0.2, 0.25) is 23.6 Å². The van der Waals surface area contributed by atoms with E-state index in [2.05, 4.69) is 21.3 Å². The van der Waals surface area contributed by atoms with Gasteiger partial charge in [-0.15, -0.1) is 0 Å². The number of ether oxygens (including phenoxy) is 2. The molecule has 1 aliphatic heterocycles. The first-order chi connectivity index (χ1) is 22.2. The van der Waals surface area contributed by atoms with Gasteiger partial charge in [0.05, 0.1) is 25.8 Å². The number of hydrazine groups is 1. The number of aliphatic hydroxyl groups is 4. The highest BCUT2D eigenvalue weighted by Crippen LogP contribution is 2.22. The van der Waals surface area contributed by atoms with E-state index in [1.165, 1.54) is 6.92 Å². The molecule has 13 N–H and O–H groups in total. The highest BCUT2D eigenvalue weighted by atomic mass is 16.7. The zero-order valence-electron chi connectivity index (χ0n) is 26.5. The summed E-state index contributed by atoms with van der Waals surface area (Å²) in [6.45, 7) is 3.20. The van der Waals surface area contributed by atoms with Crippen molar-refractivity contribution in [3.8, 4) is 0 Å². The van der Waals surface area contributed by atoms with Gasteiger partial charge >= 0.3 is 0 Å². The van der Waals surface area contributed by atoms with Crippen LogP contribution < -0.4 is 38.3 Å². The van der Waals surface area contributed by atoms with Gasteiger partial charge in [-0.05, 0) is 24.8 Å². The van der Waals surface area contributed by atoms with Gasteiger partial charge < -0.3 is 56.9 Å². The van der Waals surface area contributed by atoms with Crippen LogP contribution in [0.3, 0.4) is 0 Å². The van der Waals surface area contributed by atoms with Crippen LogP contribution in [0.25, 0.3) is 0 Å². The molecule has 0 spiro atoms. The van der Waals surface area contributed by atoms with Crippen molar-refractivity contribution in [3.05, 3.63) is 35.9 Å². The predicted molar refractivity (Wildman–Crippen MR) is 164 cm³/mol. The number of amides is 5. The van der Waals surface area contributed by atoms with Crippen LogP contribution in [0.1, 0.15) is 32.8 Å². The first-order valence-electron chi connectivity index (χ1n) is 15.1. The molecule has 1 heterocycles. The van der Waals surface area contributed by atoms with Gasteiger partial charge in [-0.3, -0.25) is 29.4 Å². The van der Waals surface area contributed by atoms with Crippen molar-refractivity contribution in [3.63, 3.8) is 0 Å². The number of carbonyl (C=O) groups is 5.